The van der Waals surface area contributed by atoms with Crippen LogP contribution in [0, 0.1) is 0 Å². The molecule has 20 nitrogen and oxygen atoms in total. The van der Waals surface area contributed by atoms with Gasteiger partial charge in [-0.1, -0.05) is 234 Å². The average molecular weight is 1440 g/mol. The van der Waals surface area contributed by atoms with Gasteiger partial charge in [-0.3, -0.25) is 15.2 Å². The summed E-state index contributed by atoms with van der Waals surface area (Å²) in [5, 5.41) is 40.2. The molecule has 0 atom stereocenters. The summed E-state index contributed by atoms with van der Waals surface area (Å²) in [5.74, 6) is 0.967. The number of rotatable bonds is 2. The van der Waals surface area contributed by atoms with Crippen LogP contribution in [0.5, 0.6) is 0 Å². The number of carboxylic acids is 1. The van der Waals surface area contributed by atoms with E-state index in [1.165, 1.54) is 61.3 Å². The van der Waals surface area contributed by atoms with Crippen molar-refractivity contribution in [3.8, 4) is 0 Å². The van der Waals surface area contributed by atoms with Gasteiger partial charge in [-0.25, -0.2) is 29.1 Å². The molecule has 7 aromatic heterocycles. The number of aromatic carboxylic acids is 1. The number of H-pyrrole nitrogens is 1. The van der Waals surface area contributed by atoms with E-state index in [-0.39, 0.29) is 49.4 Å². The number of aromatic amines is 1. The van der Waals surface area contributed by atoms with Gasteiger partial charge in [0.15, 0.2) is 27.8 Å². The zero-order valence-corrected chi connectivity index (χ0v) is 65.7. The molecular weight excluding hydrogens is 1340 g/mol. The molecule has 8 heterocycles. The number of ether oxygens (including phenoxy) is 1. The number of thioether (sulfide) groups is 1. The summed E-state index contributed by atoms with van der Waals surface area (Å²) in [7, 11) is 1.32. The van der Waals surface area contributed by atoms with Crippen LogP contribution in [-0.4, -0.2) is 81.0 Å². The lowest BCUT2D eigenvalue weighted by Gasteiger charge is -2.23. The lowest BCUT2D eigenvalue weighted by Crippen LogP contribution is -2.19. The van der Waals surface area contributed by atoms with Crippen molar-refractivity contribution in [3.05, 3.63) is 197 Å². The summed E-state index contributed by atoms with van der Waals surface area (Å²) in [6, 6.07) is 45.9. The van der Waals surface area contributed by atoms with Crippen LogP contribution in [0.15, 0.2) is 166 Å². The third kappa shape index (κ3) is 20.6. The first-order valence-electron chi connectivity index (χ1n) is 34.4. The maximum atomic E-state index is 11.2. The average Bonchev–Trinajstić information content (AvgIpc) is 1.62. The van der Waals surface area contributed by atoms with Crippen molar-refractivity contribution in [2.45, 2.75) is 188 Å². The van der Waals surface area contributed by atoms with Crippen LogP contribution in [0.3, 0.4) is 0 Å². The number of hydrogen-bond donors (Lipinski definition) is 6. The Morgan fingerprint density at radius 2 is 1.19 bits per heavy atom. The molecule has 0 saturated heterocycles. The van der Waals surface area contributed by atoms with E-state index in [2.05, 4.69) is 229 Å². The number of nitrogen functional groups attached to an aromatic ring is 2. The normalized spacial score (nSPS) is 12.5. The summed E-state index contributed by atoms with van der Waals surface area (Å²) < 4.78 is 17.8. The Bertz CT molecular complexity index is 5070. The Kier molecular flexibility index (Phi) is 24.3. The zero-order valence-electron chi connectivity index (χ0n) is 64.1. The number of hydrogen-bond acceptors (Lipinski definition) is 17. The molecule has 0 bridgehead atoms. The standard InChI is InChI=1S/C13H16N2O3.C13H16N2.C12H15NOS.C11H13N3O2.C11H14N2S.C11H14N2.C11H13NO/c1-13(2,3)11-8-6-5-7-9(10(8)18-15-11)14-12(16)17-4;1-13(2,3)10-4-5-11-9(8-10)6-7-15-12(11)14;1-12(2,3)8-4-5-9-10(6-8)15-7-11(14)13-9;1-11(2,3)10-12-8-5-4-7(9(15)16)6-14(8)13-10;1-11(2,3)7-4-5-8-9(6-7)14-10(12)13-8;1-11(2,3)10-8-6-4-5-7-9(8)12-13-10;1-11(2,3)10-8-6-4-5-7-9(8)13-12-10/h5-7H,1-4H3,(H,14,16);4-8H,1-3H3,(H2,14,15);4-6H,7H2,1-3H3,(H,13,14);4-6H,1-3H3,(H,15,16);4-6H,1-3H3,(H2,12,13);4-7H,1-3H3,(H,12,13);4-7H,1-3H3. The van der Waals surface area contributed by atoms with E-state index in [0.29, 0.717) is 39.4 Å². The number of thiazole rings is 1. The van der Waals surface area contributed by atoms with Crippen molar-refractivity contribution in [1.82, 2.24) is 45.1 Å². The van der Waals surface area contributed by atoms with Gasteiger partial charge in [-0.05, 0) is 111 Å². The van der Waals surface area contributed by atoms with Crippen LogP contribution in [-0.2, 0) is 47.4 Å². The summed E-state index contributed by atoms with van der Waals surface area (Å²) in [5.41, 5.74) is 24.8. The first-order valence-corrected chi connectivity index (χ1v) is 36.2. The number of para-hydroxylation sites is 3. The van der Waals surface area contributed by atoms with Crippen molar-refractivity contribution in [2.24, 2.45) is 0 Å². The highest BCUT2D eigenvalue weighted by Gasteiger charge is 2.26. The number of anilines is 4. The number of fused-ring (bicyclic) bond motifs is 7. The van der Waals surface area contributed by atoms with E-state index in [9.17, 15) is 14.4 Å². The molecule has 13 aromatic rings. The number of carboxylic acid groups (broad SMARTS) is 1. The minimum absolute atomic E-state index is 0.0482. The smallest absolute Gasteiger partial charge is 0.411 e. The second kappa shape index (κ2) is 31.8. The Hall–Kier alpha value is -10.2. The third-order valence-corrected chi connectivity index (χ3v) is 18.5. The second-order valence-electron chi connectivity index (χ2n) is 32.6. The fourth-order valence-electron chi connectivity index (χ4n) is 10.7. The molecule has 14 rings (SSSR count). The molecule has 0 saturated carbocycles. The van der Waals surface area contributed by atoms with Crippen LogP contribution in [0.1, 0.15) is 195 Å². The maximum Gasteiger partial charge on any atom is 0.411 e. The predicted molar refractivity (Wildman–Crippen MR) is 427 cm³/mol. The third-order valence-electron chi connectivity index (χ3n) is 16.6. The highest BCUT2D eigenvalue weighted by molar-refractivity contribution is 8.00. The van der Waals surface area contributed by atoms with Crippen LogP contribution in [0.2, 0.25) is 0 Å². The summed E-state index contributed by atoms with van der Waals surface area (Å²) in [6.07, 6.45) is 2.69. The molecule has 8 N–H and O–H groups in total. The topological polar surface area (TPSA) is 293 Å². The Morgan fingerprint density at radius 3 is 1.83 bits per heavy atom. The van der Waals surface area contributed by atoms with Gasteiger partial charge in [0.1, 0.15) is 5.82 Å². The van der Waals surface area contributed by atoms with E-state index in [1.807, 2.05) is 93.6 Å². The van der Waals surface area contributed by atoms with Gasteiger partial charge in [-0.2, -0.15) is 10.2 Å². The Labute approximate surface area is 617 Å². The lowest BCUT2D eigenvalue weighted by molar-refractivity contribution is -0.113. The van der Waals surface area contributed by atoms with Gasteiger partial charge in [0.25, 0.3) is 0 Å². The number of carbonyl (C=O) groups is 3. The van der Waals surface area contributed by atoms with Crippen LogP contribution in [0.4, 0.5) is 27.1 Å². The molecule has 0 aliphatic carbocycles. The number of carbonyl (C=O) groups excluding carboxylic acids is 2. The van der Waals surface area contributed by atoms with Crippen molar-refractivity contribution in [2.75, 3.05) is 35.0 Å². The number of methoxy groups -OCH3 is 1. The number of nitrogens with one attached hydrogen (secondary N) is 3. The number of pyridine rings is 2. The van der Waals surface area contributed by atoms with Crippen molar-refractivity contribution in [3.63, 3.8) is 0 Å². The molecular formula is C82H101N13O7S2. The van der Waals surface area contributed by atoms with E-state index in [1.54, 1.807) is 41.4 Å². The number of amides is 2. The largest absolute Gasteiger partial charge is 0.478 e. The minimum atomic E-state index is -0.963. The van der Waals surface area contributed by atoms with Gasteiger partial charge >= 0.3 is 12.1 Å². The molecule has 0 spiro atoms. The summed E-state index contributed by atoms with van der Waals surface area (Å²) >= 11 is 3.16. The van der Waals surface area contributed by atoms with Gasteiger partial charge < -0.3 is 35.7 Å². The maximum absolute atomic E-state index is 11.2. The van der Waals surface area contributed by atoms with E-state index in [0.717, 1.165) is 55.2 Å². The molecule has 1 aliphatic rings. The molecule has 0 fully saturated rings. The quantitative estimate of drug-likeness (QED) is 0.0937. The van der Waals surface area contributed by atoms with Crippen molar-refractivity contribution >= 4 is 123 Å². The zero-order chi connectivity index (χ0) is 76.7. The van der Waals surface area contributed by atoms with Crippen molar-refractivity contribution in [1.29, 1.82) is 0 Å². The van der Waals surface area contributed by atoms with Gasteiger partial charge in [0.2, 0.25) is 5.91 Å². The molecule has 104 heavy (non-hydrogen) atoms. The monoisotopic (exact) mass is 1440 g/mol. The van der Waals surface area contributed by atoms with Crippen LogP contribution < -0.4 is 22.1 Å². The second-order valence-corrected chi connectivity index (χ2v) is 34.7. The molecule has 0 unspecified atom stereocenters. The van der Waals surface area contributed by atoms with Gasteiger partial charge in [0, 0.05) is 66.2 Å². The molecule has 548 valence electrons. The lowest BCUT2D eigenvalue weighted by atomic mass is 9.86. The van der Waals surface area contributed by atoms with E-state index < -0.39 is 12.1 Å². The van der Waals surface area contributed by atoms with Gasteiger partial charge in [0.05, 0.1) is 56.9 Å². The number of nitrogens with zero attached hydrogens (tertiary/aromatic N) is 8. The molecule has 0 radical (unpaired) electrons. The number of benzene rings is 6. The molecule has 22 heteroatoms. The first-order chi connectivity index (χ1) is 48.4. The fourth-order valence-corrected chi connectivity index (χ4v) is 12.3. The fraction of sp³-hybridized carbons (Fsp3) is 0.366. The highest BCUT2D eigenvalue weighted by atomic mass is 32.2. The Morgan fingerprint density at radius 1 is 0.596 bits per heavy atom. The molecule has 1 aliphatic heterocycles. The Balaban J connectivity index is 0.000000154. The summed E-state index contributed by atoms with van der Waals surface area (Å²) in [4.78, 5) is 47.0. The highest BCUT2D eigenvalue weighted by Crippen LogP contribution is 2.38. The SMILES string of the molecule is CC(C)(C)c1[nH]nc2ccccc12.CC(C)(C)c1ccc2c(N)nccc2c1.CC(C)(C)c1ccc2c(c1)SCC(=O)N2.CC(C)(C)c1ccc2nc(N)sc2c1.CC(C)(C)c1nc2ccc(C(=O)O)cn2n1.CC(C)(C)c1noc2ccccc12.COC(=O)Nc1cccc2c(C(C)(C)C)noc12. The first kappa shape index (κ1) is 79.5. The molecule has 2 amide bonds. The predicted octanol–water partition coefficient (Wildman–Crippen LogP) is 20.3. The summed E-state index contributed by atoms with van der Waals surface area (Å²) in [6.45, 7) is 45.0. The van der Waals surface area contributed by atoms with Gasteiger partial charge in [-0.15, -0.1) is 11.8 Å². The number of nitrogens with two attached hydrogens (primary N) is 2. The van der Waals surface area contributed by atoms with E-state index in [4.69, 9.17) is 25.6 Å². The van der Waals surface area contributed by atoms with Crippen LogP contribution in [0.25, 0.3) is 59.5 Å². The molecule has 6 aromatic carbocycles. The number of aromatic nitrogens is 9. The van der Waals surface area contributed by atoms with Crippen molar-refractivity contribution < 1.29 is 33.3 Å². The minimum Gasteiger partial charge on any atom is -0.478 e. The van der Waals surface area contributed by atoms with Crippen LogP contribution >= 0.6 is 23.1 Å². The van der Waals surface area contributed by atoms with E-state index >= 15 is 0 Å².